The van der Waals surface area contributed by atoms with Gasteiger partial charge in [-0.05, 0) is 29.3 Å². The number of morpholine rings is 1. The first-order chi connectivity index (χ1) is 12.7. The summed E-state index contributed by atoms with van der Waals surface area (Å²) < 4.78 is 16.3. The molecule has 1 unspecified atom stereocenters. The fraction of sp³-hybridized carbons (Fsp3) is 0.286. The summed E-state index contributed by atoms with van der Waals surface area (Å²) in [4.78, 5) is 14.4. The molecular weight excluding hydrogens is 330 g/mol. The maximum absolute atomic E-state index is 12.6. The van der Waals surface area contributed by atoms with E-state index in [1.165, 1.54) is 0 Å². The number of methoxy groups -OCH3 is 2. The van der Waals surface area contributed by atoms with Gasteiger partial charge in [0.1, 0.15) is 6.10 Å². The standard InChI is InChI=1S/C21H23NO4/c1-24-18-10-8-16(14-19(18)25-2)9-11-21(23)22-12-13-26-20(15-22)17-6-4-3-5-7-17/h3-11,14,20H,12-13,15H2,1-2H3/b11-9+. The van der Waals surface area contributed by atoms with E-state index in [1.54, 1.807) is 26.4 Å². The van der Waals surface area contributed by atoms with Crippen molar-refractivity contribution in [3.05, 3.63) is 65.7 Å². The predicted molar refractivity (Wildman–Crippen MR) is 100 cm³/mol. The third kappa shape index (κ3) is 4.24. The molecular formula is C21H23NO4. The molecule has 5 heteroatoms. The molecule has 1 atom stereocenters. The van der Waals surface area contributed by atoms with E-state index in [1.807, 2.05) is 53.4 Å². The second-order valence-electron chi connectivity index (χ2n) is 6.00. The number of carbonyl (C=O) groups excluding carboxylic acids is 1. The predicted octanol–water partition coefficient (Wildman–Crippen LogP) is 3.32. The number of amides is 1. The van der Waals surface area contributed by atoms with Gasteiger partial charge in [-0.25, -0.2) is 0 Å². The molecule has 0 bridgehead atoms. The van der Waals surface area contributed by atoms with Crippen LogP contribution in [0, 0.1) is 0 Å². The zero-order valence-electron chi connectivity index (χ0n) is 15.1. The molecule has 1 fully saturated rings. The lowest BCUT2D eigenvalue weighted by Gasteiger charge is -2.32. The molecule has 2 aromatic carbocycles. The lowest BCUT2D eigenvalue weighted by molar-refractivity contribution is -0.133. The minimum atomic E-state index is -0.0802. The molecule has 3 rings (SSSR count). The third-order valence-electron chi connectivity index (χ3n) is 4.38. The van der Waals surface area contributed by atoms with Gasteiger partial charge in [0, 0.05) is 12.6 Å². The molecule has 0 spiro atoms. The highest BCUT2D eigenvalue weighted by Gasteiger charge is 2.24. The first-order valence-corrected chi connectivity index (χ1v) is 8.57. The molecule has 0 N–H and O–H groups in total. The van der Waals surface area contributed by atoms with Crippen LogP contribution in [0.1, 0.15) is 17.2 Å². The van der Waals surface area contributed by atoms with Crippen LogP contribution >= 0.6 is 0 Å². The molecule has 1 aliphatic heterocycles. The van der Waals surface area contributed by atoms with Crippen molar-refractivity contribution in [2.75, 3.05) is 33.9 Å². The maximum atomic E-state index is 12.6. The summed E-state index contributed by atoms with van der Waals surface area (Å²) in [7, 11) is 3.19. The van der Waals surface area contributed by atoms with Crippen molar-refractivity contribution < 1.29 is 19.0 Å². The molecule has 0 aliphatic carbocycles. The van der Waals surface area contributed by atoms with Crippen molar-refractivity contribution in [3.63, 3.8) is 0 Å². The topological polar surface area (TPSA) is 48.0 Å². The van der Waals surface area contributed by atoms with Crippen LogP contribution in [0.5, 0.6) is 11.5 Å². The van der Waals surface area contributed by atoms with E-state index in [2.05, 4.69) is 0 Å². The van der Waals surface area contributed by atoms with Gasteiger partial charge < -0.3 is 19.1 Å². The number of hydrogen-bond acceptors (Lipinski definition) is 4. The van der Waals surface area contributed by atoms with Gasteiger partial charge in [-0.1, -0.05) is 36.4 Å². The van der Waals surface area contributed by atoms with Gasteiger partial charge in [-0.15, -0.1) is 0 Å². The lowest BCUT2D eigenvalue weighted by Crippen LogP contribution is -2.41. The molecule has 1 saturated heterocycles. The molecule has 2 aromatic rings. The van der Waals surface area contributed by atoms with Crippen LogP contribution in [0.2, 0.25) is 0 Å². The Labute approximate surface area is 153 Å². The average molecular weight is 353 g/mol. The summed E-state index contributed by atoms with van der Waals surface area (Å²) in [5, 5.41) is 0. The molecule has 1 aliphatic rings. The summed E-state index contributed by atoms with van der Waals surface area (Å²) in [6, 6.07) is 15.5. The second kappa shape index (κ2) is 8.54. The van der Waals surface area contributed by atoms with Crippen LogP contribution in [0.3, 0.4) is 0 Å². The Morgan fingerprint density at radius 1 is 1.12 bits per heavy atom. The average Bonchev–Trinajstić information content (AvgIpc) is 2.72. The monoisotopic (exact) mass is 353 g/mol. The molecule has 1 heterocycles. The molecule has 0 radical (unpaired) electrons. The van der Waals surface area contributed by atoms with Gasteiger partial charge in [0.25, 0.3) is 0 Å². The molecule has 0 aromatic heterocycles. The van der Waals surface area contributed by atoms with Gasteiger partial charge in [0.05, 0.1) is 27.4 Å². The van der Waals surface area contributed by atoms with Crippen LogP contribution < -0.4 is 9.47 Å². The largest absolute Gasteiger partial charge is 0.493 e. The lowest BCUT2D eigenvalue weighted by atomic mass is 10.1. The summed E-state index contributed by atoms with van der Waals surface area (Å²) in [5.41, 5.74) is 1.97. The fourth-order valence-electron chi connectivity index (χ4n) is 2.95. The Morgan fingerprint density at radius 3 is 2.62 bits per heavy atom. The fourth-order valence-corrected chi connectivity index (χ4v) is 2.95. The Morgan fingerprint density at radius 2 is 1.88 bits per heavy atom. The first-order valence-electron chi connectivity index (χ1n) is 8.57. The van der Waals surface area contributed by atoms with E-state index in [0.29, 0.717) is 31.2 Å². The van der Waals surface area contributed by atoms with Gasteiger partial charge in [0.2, 0.25) is 5.91 Å². The molecule has 136 valence electrons. The maximum Gasteiger partial charge on any atom is 0.246 e. The Hall–Kier alpha value is -2.79. The normalized spacial score (nSPS) is 17.3. The number of ether oxygens (including phenoxy) is 3. The van der Waals surface area contributed by atoms with Crippen LogP contribution in [0.25, 0.3) is 6.08 Å². The van der Waals surface area contributed by atoms with E-state index in [9.17, 15) is 4.79 Å². The summed E-state index contributed by atoms with van der Waals surface area (Å²) >= 11 is 0. The van der Waals surface area contributed by atoms with Crippen molar-refractivity contribution in [1.82, 2.24) is 4.90 Å². The van der Waals surface area contributed by atoms with Crippen LogP contribution in [-0.4, -0.2) is 44.7 Å². The van der Waals surface area contributed by atoms with E-state index in [4.69, 9.17) is 14.2 Å². The molecule has 5 nitrogen and oxygen atoms in total. The summed E-state index contributed by atoms with van der Waals surface area (Å²) in [5.74, 6) is 1.27. The van der Waals surface area contributed by atoms with Crippen LogP contribution in [0.4, 0.5) is 0 Å². The molecule has 1 amide bonds. The van der Waals surface area contributed by atoms with Crippen LogP contribution in [0.15, 0.2) is 54.6 Å². The summed E-state index contributed by atoms with van der Waals surface area (Å²) in [6.45, 7) is 1.69. The number of rotatable bonds is 5. The number of nitrogens with zero attached hydrogens (tertiary/aromatic N) is 1. The Bertz CT molecular complexity index is 773. The number of benzene rings is 2. The van der Waals surface area contributed by atoms with Crippen molar-refractivity contribution in [3.8, 4) is 11.5 Å². The zero-order valence-corrected chi connectivity index (χ0v) is 15.1. The number of hydrogen-bond donors (Lipinski definition) is 0. The highest BCUT2D eigenvalue weighted by molar-refractivity contribution is 5.92. The SMILES string of the molecule is COc1ccc(/C=C/C(=O)N2CCOC(c3ccccc3)C2)cc1OC. The first kappa shape index (κ1) is 18.0. The van der Waals surface area contributed by atoms with E-state index in [-0.39, 0.29) is 12.0 Å². The highest BCUT2D eigenvalue weighted by Crippen LogP contribution is 2.28. The Balaban J connectivity index is 1.66. The van der Waals surface area contributed by atoms with Crippen molar-refractivity contribution >= 4 is 12.0 Å². The van der Waals surface area contributed by atoms with Gasteiger partial charge in [-0.2, -0.15) is 0 Å². The smallest absolute Gasteiger partial charge is 0.246 e. The highest BCUT2D eigenvalue weighted by atomic mass is 16.5. The van der Waals surface area contributed by atoms with Crippen molar-refractivity contribution in [2.45, 2.75) is 6.10 Å². The van der Waals surface area contributed by atoms with Gasteiger partial charge in [-0.3, -0.25) is 4.79 Å². The van der Waals surface area contributed by atoms with E-state index < -0.39 is 0 Å². The van der Waals surface area contributed by atoms with E-state index >= 15 is 0 Å². The van der Waals surface area contributed by atoms with E-state index in [0.717, 1.165) is 11.1 Å². The zero-order chi connectivity index (χ0) is 18.4. The number of carbonyl (C=O) groups is 1. The third-order valence-corrected chi connectivity index (χ3v) is 4.38. The summed E-state index contributed by atoms with van der Waals surface area (Å²) in [6.07, 6.45) is 3.30. The van der Waals surface area contributed by atoms with Crippen molar-refractivity contribution in [1.29, 1.82) is 0 Å². The molecule has 26 heavy (non-hydrogen) atoms. The van der Waals surface area contributed by atoms with Gasteiger partial charge in [0.15, 0.2) is 11.5 Å². The molecule has 0 saturated carbocycles. The van der Waals surface area contributed by atoms with Crippen LogP contribution in [-0.2, 0) is 9.53 Å². The minimum absolute atomic E-state index is 0.0241. The minimum Gasteiger partial charge on any atom is -0.493 e. The quantitative estimate of drug-likeness (QED) is 0.774. The Kier molecular flexibility index (Phi) is 5.92. The van der Waals surface area contributed by atoms with Gasteiger partial charge >= 0.3 is 0 Å². The van der Waals surface area contributed by atoms with Crippen molar-refractivity contribution in [2.24, 2.45) is 0 Å². The second-order valence-corrected chi connectivity index (χ2v) is 6.00.